The predicted molar refractivity (Wildman–Crippen MR) is 197 cm³/mol. The minimum absolute atomic E-state index is 0.592. The van der Waals surface area contributed by atoms with Crippen LogP contribution in [0, 0.1) is 0 Å². The molecule has 48 heavy (non-hydrogen) atoms. The Morgan fingerprint density at radius 3 is 1.79 bits per heavy atom. The number of thiazole rings is 1. The lowest BCUT2D eigenvalue weighted by atomic mass is 10.00. The zero-order valence-corrected chi connectivity index (χ0v) is 26.3. The summed E-state index contributed by atoms with van der Waals surface area (Å²) in [4.78, 5) is 19.9. The minimum Gasteiger partial charge on any atom is -0.456 e. The van der Waals surface area contributed by atoms with Gasteiger partial charge in [-0.05, 0) is 45.8 Å². The summed E-state index contributed by atoms with van der Waals surface area (Å²) in [7, 11) is 0. The zero-order chi connectivity index (χ0) is 31.6. The molecule has 0 N–H and O–H groups in total. The molecule has 5 nitrogen and oxygen atoms in total. The van der Waals surface area contributed by atoms with Gasteiger partial charge in [-0.1, -0.05) is 115 Å². The third-order valence-corrected chi connectivity index (χ3v) is 10.00. The fourth-order valence-corrected chi connectivity index (χ4v) is 7.52. The van der Waals surface area contributed by atoms with Crippen molar-refractivity contribution in [2.45, 2.75) is 0 Å². The number of hydrogen-bond acceptors (Lipinski definition) is 6. The van der Waals surface area contributed by atoms with E-state index in [1.54, 1.807) is 11.3 Å². The molecule has 0 amide bonds. The van der Waals surface area contributed by atoms with Gasteiger partial charge in [0.1, 0.15) is 16.2 Å². The smallest absolute Gasteiger partial charge is 0.164 e. The summed E-state index contributed by atoms with van der Waals surface area (Å²) in [6.07, 6.45) is 0. The third kappa shape index (κ3) is 4.46. The number of aromatic nitrogens is 4. The Balaban J connectivity index is 1.11. The van der Waals surface area contributed by atoms with Crippen molar-refractivity contribution in [3.05, 3.63) is 146 Å². The Labute approximate surface area is 278 Å². The van der Waals surface area contributed by atoms with Crippen LogP contribution in [-0.4, -0.2) is 19.9 Å². The first-order valence-corrected chi connectivity index (χ1v) is 16.6. The maximum absolute atomic E-state index is 6.45. The molecule has 224 valence electrons. The molecule has 0 aliphatic heterocycles. The molecule has 10 aromatic rings. The van der Waals surface area contributed by atoms with Crippen LogP contribution in [-0.2, 0) is 0 Å². The van der Waals surface area contributed by atoms with Crippen molar-refractivity contribution in [1.82, 2.24) is 19.9 Å². The van der Waals surface area contributed by atoms with Crippen LogP contribution in [0.25, 0.3) is 98.4 Å². The molecule has 7 aromatic carbocycles. The van der Waals surface area contributed by atoms with E-state index in [-0.39, 0.29) is 0 Å². The van der Waals surface area contributed by atoms with Gasteiger partial charge in [-0.25, -0.2) is 19.9 Å². The highest BCUT2D eigenvalue weighted by molar-refractivity contribution is 7.21. The Hall–Kier alpha value is -6.24. The maximum Gasteiger partial charge on any atom is 0.164 e. The molecule has 3 heterocycles. The highest BCUT2D eigenvalue weighted by Gasteiger charge is 2.17. The van der Waals surface area contributed by atoms with Crippen molar-refractivity contribution in [3.8, 4) is 44.7 Å². The monoisotopic (exact) mass is 632 g/mol. The molecule has 3 aromatic heterocycles. The number of rotatable bonds is 4. The SMILES string of the molecule is c1ccc(-c2nc(-c3ccc4c(c3)oc3cc5nc(-c6ccccc6)sc5cc34)nc(-c3ccc4ccc5ccccc5c4c3)n2)cc1. The van der Waals surface area contributed by atoms with Crippen LogP contribution in [0.2, 0.25) is 0 Å². The second kappa shape index (κ2) is 10.7. The molecule has 10 rings (SSSR count). The van der Waals surface area contributed by atoms with Crippen molar-refractivity contribution >= 4 is 65.0 Å². The van der Waals surface area contributed by atoms with E-state index in [9.17, 15) is 0 Å². The number of benzene rings is 7. The lowest BCUT2D eigenvalue weighted by Crippen LogP contribution is -2.00. The number of hydrogen-bond donors (Lipinski definition) is 0. The summed E-state index contributed by atoms with van der Waals surface area (Å²) in [5, 5.41) is 7.87. The van der Waals surface area contributed by atoms with Crippen LogP contribution in [0.5, 0.6) is 0 Å². The van der Waals surface area contributed by atoms with E-state index < -0.39 is 0 Å². The average molecular weight is 633 g/mol. The molecule has 0 fully saturated rings. The molecule has 0 aliphatic carbocycles. The second-order valence-corrected chi connectivity index (χ2v) is 12.9. The van der Waals surface area contributed by atoms with Gasteiger partial charge in [0, 0.05) is 39.1 Å². The van der Waals surface area contributed by atoms with Crippen molar-refractivity contribution < 1.29 is 4.42 Å². The van der Waals surface area contributed by atoms with E-state index in [4.69, 9.17) is 24.4 Å². The molecule has 0 saturated heterocycles. The van der Waals surface area contributed by atoms with E-state index in [0.29, 0.717) is 17.5 Å². The van der Waals surface area contributed by atoms with Gasteiger partial charge in [0.2, 0.25) is 0 Å². The van der Waals surface area contributed by atoms with E-state index >= 15 is 0 Å². The molecule has 0 aliphatic rings. The van der Waals surface area contributed by atoms with Crippen molar-refractivity contribution in [1.29, 1.82) is 0 Å². The first kappa shape index (κ1) is 26.9. The maximum atomic E-state index is 6.45. The van der Waals surface area contributed by atoms with Crippen LogP contribution in [0.1, 0.15) is 0 Å². The molecule has 0 atom stereocenters. The zero-order valence-electron chi connectivity index (χ0n) is 25.5. The van der Waals surface area contributed by atoms with Gasteiger partial charge in [0.25, 0.3) is 0 Å². The molecule has 6 heteroatoms. The Kier molecular flexibility index (Phi) is 5.98. The quantitative estimate of drug-likeness (QED) is 0.181. The van der Waals surface area contributed by atoms with Gasteiger partial charge in [-0.15, -0.1) is 11.3 Å². The standard InChI is InChI=1S/C42H24N4OS/c1-3-10-27(11-4-1)39-44-40(29-18-17-26-16-15-25-9-7-8-14-31(25)33(26)21-29)46-41(45-39)30-19-20-32-34-23-38-35(24-37(34)47-36(32)22-30)43-42(48-38)28-12-5-2-6-13-28/h1-24H. The van der Waals surface area contributed by atoms with Gasteiger partial charge in [-0.2, -0.15) is 0 Å². The number of furan rings is 1. The molecular weight excluding hydrogens is 609 g/mol. The molecule has 0 bridgehead atoms. The third-order valence-electron chi connectivity index (χ3n) is 8.93. The largest absolute Gasteiger partial charge is 0.456 e. The van der Waals surface area contributed by atoms with Crippen molar-refractivity contribution in [3.63, 3.8) is 0 Å². The molecule has 0 saturated carbocycles. The van der Waals surface area contributed by atoms with E-state index in [1.807, 2.05) is 60.7 Å². The van der Waals surface area contributed by atoms with E-state index in [1.165, 1.54) is 21.5 Å². The molecule has 0 radical (unpaired) electrons. The summed E-state index contributed by atoms with van der Waals surface area (Å²) in [6, 6.07) is 50.0. The Bertz CT molecular complexity index is 2840. The summed E-state index contributed by atoms with van der Waals surface area (Å²) in [6.45, 7) is 0. The predicted octanol–water partition coefficient (Wildman–Crippen LogP) is 11.4. The Morgan fingerprint density at radius 2 is 1.00 bits per heavy atom. The highest BCUT2D eigenvalue weighted by atomic mass is 32.1. The lowest BCUT2D eigenvalue weighted by molar-refractivity contribution is 0.669. The summed E-state index contributed by atoms with van der Waals surface area (Å²) < 4.78 is 7.58. The minimum atomic E-state index is 0.592. The number of fused-ring (bicyclic) bond motifs is 7. The van der Waals surface area contributed by atoms with Gasteiger partial charge < -0.3 is 4.42 Å². The van der Waals surface area contributed by atoms with Crippen molar-refractivity contribution in [2.24, 2.45) is 0 Å². The molecule has 0 unspecified atom stereocenters. The highest BCUT2D eigenvalue weighted by Crippen LogP contribution is 2.38. The van der Waals surface area contributed by atoms with Gasteiger partial charge in [0.05, 0.1) is 10.2 Å². The molecular formula is C42H24N4OS. The van der Waals surface area contributed by atoms with Crippen LogP contribution >= 0.6 is 11.3 Å². The lowest BCUT2D eigenvalue weighted by Gasteiger charge is -2.10. The normalized spacial score (nSPS) is 11.8. The van der Waals surface area contributed by atoms with E-state index in [2.05, 4.69) is 84.9 Å². The van der Waals surface area contributed by atoms with Crippen LogP contribution in [0.15, 0.2) is 150 Å². The average Bonchev–Trinajstić information content (AvgIpc) is 3.74. The summed E-state index contributed by atoms with van der Waals surface area (Å²) in [5.41, 5.74) is 6.37. The fourth-order valence-electron chi connectivity index (χ4n) is 6.53. The summed E-state index contributed by atoms with van der Waals surface area (Å²) in [5.74, 6) is 1.84. The first-order valence-electron chi connectivity index (χ1n) is 15.8. The Morgan fingerprint density at radius 1 is 0.396 bits per heavy atom. The summed E-state index contributed by atoms with van der Waals surface area (Å²) >= 11 is 1.70. The fraction of sp³-hybridized carbons (Fsp3) is 0. The van der Waals surface area contributed by atoms with Gasteiger partial charge in [-0.3, -0.25) is 0 Å². The van der Waals surface area contributed by atoms with E-state index in [0.717, 1.165) is 59.4 Å². The van der Waals surface area contributed by atoms with Gasteiger partial charge in [0.15, 0.2) is 17.5 Å². The van der Waals surface area contributed by atoms with Crippen LogP contribution < -0.4 is 0 Å². The van der Waals surface area contributed by atoms with Gasteiger partial charge >= 0.3 is 0 Å². The number of nitrogens with zero attached hydrogens (tertiary/aromatic N) is 4. The van der Waals surface area contributed by atoms with Crippen molar-refractivity contribution in [2.75, 3.05) is 0 Å². The second-order valence-electron chi connectivity index (χ2n) is 11.9. The molecule has 0 spiro atoms. The van der Waals surface area contributed by atoms with Crippen LogP contribution in [0.3, 0.4) is 0 Å². The topological polar surface area (TPSA) is 64.7 Å². The first-order chi connectivity index (χ1) is 23.7. The van der Waals surface area contributed by atoms with Crippen LogP contribution in [0.4, 0.5) is 0 Å².